The van der Waals surface area contributed by atoms with Gasteiger partial charge in [0.15, 0.2) is 0 Å². The van der Waals surface area contributed by atoms with Gasteiger partial charge in [-0.05, 0) is 31.5 Å². The monoisotopic (exact) mass is 258 g/mol. The molecule has 0 atom stereocenters. The summed E-state index contributed by atoms with van der Waals surface area (Å²) >= 11 is 0. The molecule has 3 N–H and O–H groups in total. The number of nitrogens with two attached hydrogens (primary N) is 1. The Bertz CT molecular complexity index is 576. The Hall–Kier alpha value is -2.30. The molecule has 1 amide bonds. The first-order valence-corrected chi connectivity index (χ1v) is 6.25. The fraction of sp³-hybridized carbons (Fsp3) is 0.286. The van der Waals surface area contributed by atoms with Gasteiger partial charge in [0.2, 0.25) is 0 Å². The van der Waals surface area contributed by atoms with Gasteiger partial charge in [-0.3, -0.25) is 9.89 Å². The highest BCUT2D eigenvalue weighted by atomic mass is 16.2. The Labute approximate surface area is 112 Å². The smallest absolute Gasteiger partial charge is 0.257 e. The minimum absolute atomic E-state index is 0.0174. The van der Waals surface area contributed by atoms with Gasteiger partial charge in [0, 0.05) is 24.5 Å². The molecule has 1 aromatic heterocycles. The van der Waals surface area contributed by atoms with Crippen molar-refractivity contribution >= 4 is 11.6 Å². The maximum atomic E-state index is 12.4. The molecule has 2 aromatic rings. The third-order valence-electron chi connectivity index (χ3n) is 3.05. The van der Waals surface area contributed by atoms with Crippen LogP contribution in [0.4, 0.5) is 5.69 Å². The number of carbonyl (C=O) groups is 1. The fourth-order valence-corrected chi connectivity index (χ4v) is 1.98. The topological polar surface area (TPSA) is 75.0 Å². The van der Waals surface area contributed by atoms with Gasteiger partial charge in [-0.25, -0.2) is 0 Å². The second-order valence-corrected chi connectivity index (χ2v) is 4.47. The van der Waals surface area contributed by atoms with E-state index in [-0.39, 0.29) is 5.91 Å². The quantitative estimate of drug-likeness (QED) is 0.823. The summed E-state index contributed by atoms with van der Waals surface area (Å²) in [7, 11) is 0. The zero-order valence-electron chi connectivity index (χ0n) is 11.2. The van der Waals surface area contributed by atoms with Crippen LogP contribution >= 0.6 is 0 Å². The Morgan fingerprint density at radius 3 is 2.84 bits per heavy atom. The average molecular weight is 258 g/mol. The van der Waals surface area contributed by atoms with Crippen LogP contribution in [0.25, 0.3) is 0 Å². The van der Waals surface area contributed by atoms with E-state index in [1.807, 2.05) is 38.1 Å². The molecule has 5 nitrogen and oxygen atoms in total. The predicted molar refractivity (Wildman–Crippen MR) is 74.6 cm³/mol. The van der Waals surface area contributed by atoms with Crippen molar-refractivity contribution in [3.05, 3.63) is 47.3 Å². The third-order valence-corrected chi connectivity index (χ3v) is 3.05. The molecular formula is C14H18N4O. The summed E-state index contributed by atoms with van der Waals surface area (Å²) in [5.74, 6) is -0.0174. The molecule has 0 unspecified atom stereocenters. The second-order valence-electron chi connectivity index (χ2n) is 4.47. The SMILES string of the molecule is CCN(Cc1cccc(N)c1)C(=O)c1cn[nH]c1C. The summed E-state index contributed by atoms with van der Waals surface area (Å²) in [4.78, 5) is 14.2. The van der Waals surface area contributed by atoms with Gasteiger partial charge in [-0.1, -0.05) is 12.1 Å². The summed E-state index contributed by atoms with van der Waals surface area (Å²) in [6.45, 7) is 4.98. The summed E-state index contributed by atoms with van der Waals surface area (Å²) in [6, 6.07) is 7.58. The molecule has 1 aromatic carbocycles. The van der Waals surface area contributed by atoms with E-state index in [0.717, 1.165) is 11.3 Å². The largest absolute Gasteiger partial charge is 0.399 e. The fourth-order valence-electron chi connectivity index (χ4n) is 1.98. The van der Waals surface area contributed by atoms with Gasteiger partial charge >= 0.3 is 0 Å². The molecule has 0 fully saturated rings. The first-order chi connectivity index (χ1) is 9.11. The zero-order chi connectivity index (χ0) is 13.8. The molecule has 2 rings (SSSR count). The van der Waals surface area contributed by atoms with Crippen LogP contribution < -0.4 is 5.73 Å². The van der Waals surface area contributed by atoms with Crippen molar-refractivity contribution in [2.24, 2.45) is 0 Å². The van der Waals surface area contributed by atoms with Crippen LogP contribution in [0, 0.1) is 6.92 Å². The zero-order valence-corrected chi connectivity index (χ0v) is 11.2. The van der Waals surface area contributed by atoms with Crippen LogP contribution in [-0.2, 0) is 6.54 Å². The van der Waals surface area contributed by atoms with Crippen LogP contribution in [0.3, 0.4) is 0 Å². The number of nitrogen functional groups attached to an aromatic ring is 1. The Morgan fingerprint density at radius 2 is 2.26 bits per heavy atom. The van der Waals surface area contributed by atoms with Crippen LogP contribution in [0.15, 0.2) is 30.5 Å². The second kappa shape index (κ2) is 5.56. The molecule has 0 radical (unpaired) electrons. The molecule has 0 aliphatic rings. The molecule has 0 aliphatic heterocycles. The van der Waals surface area contributed by atoms with E-state index in [0.29, 0.717) is 24.3 Å². The van der Waals surface area contributed by atoms with Gasteiger partial charge in [-0.15, -0.1) is 0 Å². The van der Waals surface area contributed by atoms with Gasteiger partial charge < -0.3 is 10.6 Å². The van der Waals surface area contributed by atoms with E-state index in [2.05, 4.69) is 10.2 Å². The predicted octanol–water partition coefficient (Wildman–Crippen LogP) is 1.96. The highest BCUT2D eigenvalue weighted by Crippen LogP contribution is 2.13. The molecule has 0 saturated carbocycles. The van der Waals surface area contributed by atoms with E-state index in [4.69, 9.17) is 5.73 Å². The molecule has 5 heteroatoms. The summed E-state index contributed by atoms with van der Waals surface area (Å²) < 4.78 is 0. The number of rotatable bonds is 4. The lowest BCUT2D eigenvalue weighted by atomic mass is 10.1. The van der Waals surface area contributed by atoms with Crippen molar-refractivity contribution in [3.8, 4) is 0 Å². The molecule has 1 heterocycles. The van der Waals surface area contributed by atoms with E-state index >= 15 is 0 Å². The van der Waals surface area contributed by atoms with Crippen LogP contribution in [0.5, 0.6) is 0 Å². The van der Waals surface area contributed by atoms with Crippen molar-refractivity contribution < 1.29 is 4.79 Å². The summed E-state index contributed by atoms with van der Waals surface area (Å²) in [5, 5.41) is 6.67. The number of aromatic nitrogens is 2. The minimum Gasteiger partial charge on any atom is -0.399 e. The normalized spacial score (nSPS) is 10.4. The number of amides is 1. The molecular weight excluding hydrogens is 240 g/mol. The first-order valence-electron chi connectivity index (χ1n) is 6.25. The van der Waals surface area contributed by atoms with Crippen molar-refractivity contribution in [2.45, 2.75) is 20.4 Å². The van der Waals surface area contributed by atoms with Gasteiger partial charge in [0.05, 0.1) is 11.8 Å². The van der Waals surface area contributed by atoms with Crippen LogP contribution in [0.1, 0.15) is 28.5 Å². The number of nitrogens with one attached hydrogen (secondary N) is 1. The lowest BCUT2D eigenvalue weighted by Gasteiger charge is -2.20. The Morgan fingerprint density at radius 1 is 1.47 bits per heavy atom. The number of nitrogens with zero attached hydrogens (tertiary/aromatic N) is 2. The van der Waals surface area contributed by atoms with E-state index in [9.17, 15) is 4.79 Å². The van der Waals surface area contributed by atoms with Crippen molar-refractivity contribution in [3.63, 3.8) is 0 Å². The maximum Gasteiger partial charge on any atom is 0.257 e. The van der Waals surface area contributed by atoms with Gasteiger partial charge in [0.1, 0.15) is 0 Å². The molecule has 19 heavy (non-hydrogen) atoms. The maximum absolute atomic E-state index is 12.4. The number of hydrogen-bond acceptors (Lipinski definition) is 3. The lowest BCUT2D eigenvalue weighted by Crippen LogP contribution is -2.30. The number of carbonyl (C=O) groups excluding carboxylic acids is 1. The van der Waals surface area contributed by atoms with Crippen molar-refractivity contribution in [1.29, 1.82) is 0 Å². The van der Waals surface area contributed by atoms with E-state index in [1.54, 1.807) is 11.1 Å². The highest BCUT2D eigenvalue weighted by molar-refractivity contribution is 5.94. The Kier molecular flexibility index (Phi) is 3.85. The minimum atomic E-state index is -0.0174. The third kappa shape index (κ3) is 2.93. The number of H-pyrrole nitrogens is 1. The lowest BCUT2D eigenvalue weighted by molar-refractivity contribution is 0.0752. The Balaban J connectivity index is 2.17. The average Bonchev–Trinajstić information content (AvgIpc) is 2.81. The standard InChI is InChI=1S/C14H18N4O/c1-3-18(9-11-5-4-6-12(15)7-11)14(19)13-8-16-17-10(13)2/h4-8H,3,9,15H2,1-2H3,(H,16,17). The number of aromatic amines is 1. The van der Waals surface area contributed by atoms with Crippen LogP contribution in [-0.4, -0.2) is 27.5 Å². The number of anilines is 1. The molecule has 0 aliphatic carbocycles. The van der Waals surface area contributed by atoms with Crippen molar-refractivity contribution in [1.82, 2.24) is 15.1 Å². The summed E-state index contributed by atoms with van der Waals surface area (Å²) in [5.41, 5.74) is 8.89. The number of hydrogen-bond donors (Lipinski definition) is 2. The van der Waals surface area contributed by atoms with Crippen LogP contribution in [0.2, 0.25) is 0 Å². The van der Waals surface area contributed by atoms with Gasteiger partial charge in [-0.2, -0.15) is 5.10 Å². The highest BCUT2D eigenvalue weighted by Gasteiger charge is 2.17. The van der Waals surface area contributed by atoms with Gasteiger partial charge in [0.25, 0.3) is 5.91 Å². The van der Waals surface area contributed by atoms with E-state index < -0.39 is 0 Å². The molecule has 0 saturated heterocycles. The molecule has 0 bridgehead atoms. The van der Waals surface area contributed by atoms with Crippen molar-refractivity contribution in [2.75, 3.05) is 12.3 Å². The number of benzene rings is 1. The summed E-state index contributed by atoms with van der Waals surface area (Å²) in [6.07, 6.45) is 1.57. The molecule has 0 spiro atoms. The first kappa shape index (κ1) is 13.1. The number of aryl methyl sites for hydroxylation is 1. The molecule has 100 valence electrons. The van der Waals surface area contributed by atoms with E-state index in [1.165, 1.54) is 0 Å².